The molecule has 29 heteroatoms. The summed E-state index contributed by atoms with van der Waals surface area (Å²) in [6.45, 7) is 15.0. The molecule has 0 bridgehead atoms. The van der Waals surface area contributed by atoms with Crippen molar-refractivity contribution in [1.82, 2.24) is 0 Å². The number of hydrogen-bond donors (Lipinski definition) is 12. The van der Waals surface area contributed by atoms with Gasteiger partial charge in [0.15, 0.2) is 37.2 Å². The summed E-state index contributed by atoms with van der Waals surface area (Å²) < 4.78 is 103. The Morgan fingerprint density at radius 1 is 0.628 bits per heavy atom. The summed E-state index contributed by atoms with van der Waals surface area (Å²) in [5, 5.41) is 134. The van der Waals surface area contributed by atoms with E-state index in [4.69, 9.17) is 51.6 Å². The molecular weight excluding hydrogens is 1170 g/mol. The molecule has 5 aliphatic heterocycles. The second-order valence-corrected chi connectivity index (χ2v) is 27.3. The van der Waals surface area contributed by atoms with E-state index in [1.165, 1.54) is 33.3 Å². The van der Waals surface area contributed by atoms with Gasteiger partial charge in [-0.3, -0.25) is 8.98 Å². The third kappa shape index (κ3) is 14.1. The zero-order chi connectivity index (χ0) is 62.3. The maximum absolute atomic E-state index is 13.1. The average Bonchev–Trinajstić information content (AvgIpc) is 1.29. The van der Waals surface area contributed by atoms with E-state index in [9.17, 15) is 79.0 Å². The standard InChI is InChI=1S/C57H92O27S.Na/c1-21(2)16-27(59)17-22(3)30-10-11-31-29-19-34(33-18-28(84-85(71,72)73)12-14-57(33,9)32(29)13-15-56(30,31)8)78-53-46(70)48(39(63)35(20-58)79-53)81-55-50(83-52-44(68)41(65)37(61)24(5)75-52)45(69)47(26(7)77-55)80-54-49(42(66)38(62)25(6)76-54)82-51-43(67)40(64)36(60)23(4)74-51;/h13,16,22-26,28-31,33-55,58,60-70H,10-12,14-15,17-20H2,1-9H3,(H,71,72,73);/q;+1/p-1/t22?,23?,24?,25?,26?,28-,29?,30?,31?,33+,34-,35?,36?,37?,38?,39?,40?,41?,42?,43?,44?,45?,46?,47?,48?,49?,50?,51?,52?,53?,54?,55?,56+,57+;/m0./s1. The third-order valence-electron chi connectivity index (χ3n) is 20.4. The second-order valence-electron chi connectivity index (χ2n) is 26.3. The number of fused-ring (bicyclic) bond motifs is 5. The molecule has 9 rings (SSSR count). The molecule has 5 heterocycles. The van der Waals surface area contributed by atoms with Crippen molar-refractivity contribution in [3.8, 4) is 0 Å². The zero-order valence-electron chi connectivity index (χ0n) is 50.4. The minimum absolute atomic E-state index is 0. The minimum atomic E-state index is -5.13. The normalized spacial score (nSPS) is 51.0. The first-order valence-corrected chi connectivity index (χ1v) is 31.3. The van der Waals surface area contributed by atoms with Crippen LogP contribution in [0.4, 0.5) is 0 Å². The van der Waals surface area contributed by atoms with Crippen LogP contribution in [0.25, 0.3) is 0 Å². The van der Waals surface area contributed by atoms with Crippen LogP contribution in [0.5, 0.6) is 0 Å². The van der Waals surface area contributed by atoms with Gasteiger partial charge < -0.3 is 113 Å². The molecule has 9 aliphatic rings. The summed E-state index contributed by atoms with van der Waals surface area (Å²) in [6.07, 6.45) is -36.2. The van der Waals surface area contributed by atoms with Crippen molar-refractivity contribution in [2.75, 3.05) is 6.61 Å². The van der Waals surface area contributed by atoms with E-state index in [0.717, 1.165) is 24.8 Å². The fourth-order valence-electron chi connectivity index (χ4n) is 15.8. The molecule has 0 amide bonds. The largest absolute Gasteiger partial charge is 1.00 e. The fourth-order valence-corrected chi connectivity index (χ4v) is 16.3. The Balaban J connectivity index is 0.00000961. The van der Waals surface area contributed by atoms with Crippen LogP contribution in [0.1, 0.15) is 114 Å². The van der Waals surface area contributed by atoms with Crippen LogP contribution >= 0.6 is 0 Å². The van der Waals surface area contributed by atoms with E-state index in [-0.39, 0.29) is 77.3 Å². The number of allylic oxidation sites excluding steroid dienone is 4. The molecular formula is C57H91NaO27S. The van der Waals surface area contributed by atoms with Crippen LogP contribution in [0.15, 0.2) is 23.3 Å². The molecule has 29 unspecified atom stereocenters. The molecule has 3 saturated carbocycles. The number of carbonyl (C=O) groups excluding carboxylic acids is 1. The molecule has 8 fully saturated rings. The second kappa shape index (κ2) is 28.0. The predicted molar refractivity (Wildman–Crippen MR) is 287 cm³/mol. The van der Waals surface area contributed by atoms with Gasteiger partial charge in [-0.1, -0.05) is 38.0 Å². The van der Waals surface area contributed by atoms with Gasteiger partial charge in [0.2, 0.25) is 10.4 Å². The molecule has 0 aromatic rings. The quantitative estimate of drug-likeness (QED) is 0.0214. The summed E-state index contributed by atoms with van der Waals surface area (Å²) in [5.41, 5.74) is 1.24. The van der Waals surface area contributed by atoms with Crippen molar-refractivity contribution in [2.24, 2.45) is 40.4 Å². The summed E-state index contributed by atoms with van der Waals surface area (Å²) in [4.78, 5) is 13.1. The first kappa shape index (κ1) is 71.0. The van der Waals surface area contributed by atoms with Crippen molar-refractivity contribution >= 4 is 16.2 Å². The van der Waals surface area contributed by atoms with Crippen molar-refractivity contribution < 1.29 is 160 Å². The van der Waals surface area contributed by atoms with Crippen molar-refractivity contribution in [3.63, 3.8) is 0 Å². The van der Waals surface area contributed by atoms with Gasteiger partial charge in [-0.05, 0) is 133 Å². The summed E-state index contributed by atoms with van der Waals surface area (Å²) in [6, 6.07) is 0. The number of hydrogen-bond acceptors (Lipinski definition) is 27. The molecule has 86 heavy (non-hydrogen) atoms. The van der Waals surface area contributed by atoms with Crippen molar-refractivity contribution in [3.05, 3.63) is 23.3 Å². The van der Waals surface area contributed by atoms with Gasteiger partial charge in [0.25, 0.3) is 0 Å². The predicted octanol–water partition coefficient (Wildman–Crippen LogP) is -4.82. The fraction of sp³-hybridized carbons (Fsp3) is 0.912. The Labute approximate surface area is 523 Å². The molecule has 12 N–H and O–H groups in total. The monoisotopic (exact) mass is 1260 g/mol. The summed E-state index contributed by atoms with van der Waals surface area (Å²) in [5.74, 6) is -0.169. The van der Waals surface area contributed by atoms with Crippen LogP contribution in [0.3, 0.4) is 0 Å². The maximum atomic E-state index is 13.1. The van der Waals surface area contributed by atoms with Gasteiger partial charge in [0.05, 0.1) is 43.2 Å². The Morgan fingerprint density at radius 3 is 1.70 bits per heavy atom. The molecule has 34 atom stereocenters. The number of rotatable bonds is 17. The van der Waals surface area contributed by atoms with Crippen LogP contribution < -0.4 is 29.6 Å². The van der Waals surface area contributed by atoms with Crippen LogP contribution in [-0.4, -0.2) is 252 Å². The van der Waals surface area contributed by atoms with Gasteiger partial charge in [0.1, 0.15) is 97.7 Å². The summed E-state index contributed by atoms with van der Waals surface area (Å²) >= 11 is 0. The zero-order valence-corrected chi connectivity index (χ0v) is 53.2. The molecule has 0 radical (unpaired) electrons. The first-order chi connectivity index (χ1) is 39.8. The van der Waals surface area contributed by atoms with Crippen molar-refractivity contribution in [2.45, 2.75) is 279 Å². The van der Waals surface area contributed by atoms with Gasteiger partial charge >= 0.3 is 29.6 Å². The van der Waals surface area contributed by atoms with Crippen LogP contribution in [-0.2, 0) is 66.7 Å². The number of ketones is 1. The molecule has 0 aromatic heterocycles. The molecule has 5 saturated heterocycles. The van der Waals surface area contributed by atoms with E-state index >= 15 is 0 Å². The smallest absolute Gasteiger partial charge is 0.726 e. The number of aliphatic hydroxyl groups excluding tert-OH is 12. The average molecular weight is 1260 g/mol. The molecule has 4 aliphatic carbocycles. The van der Waals surface area contributed by atoms with E-state index in [1.807, 2.05) is 13.8 Å². The van der Waals surface area contributed by atoms with Crippen LogP contribution in [0, 0.1) is 40.4 Å². The van der Waals surface area contributed by atoms with Gasteiger partial charge in [0, 0.05) is 6.42 Å². The number of carbonyl (C=O) groups is 1. The molecule has 0 aromatic carbocycles. The van der Waals surface area contributed by atoms with E-state index in [0.29, 0.717) is 19.3 Å². The van der Waals surface area contributed by atoms with Crippen molar-refractivity contribution in [1.29, 1.82) is 0 Å². The SMILES string of the molecule is CC(C)=CC(=O)CC(C)C1CCC2C3C[C@H](OC4OC(CO)C(O)C(OC5OC(C)C(OC6OC(C)C(O)C(O)C6OC6OC(C)C(O)C(O)C6O)C(O)C5OC5OC(C)C(O)C(O)C5O)C4O)[C@H]4C[C@@H](OS(=O)(=O)[O-])CC[C@]4(C)C3=CC[C@]12C.[Na+]. The first-order valence-electron chi connectivity index (χ1n) is 29.9. The van der Waals surface area contributed by atoms with Gasteiger partial charge in [-0.2, -0.15) is 0 Å². The topological polar surface area (TPSA) is 419 Å². The Kier molecular flexibility index (Phi) is 23.1. The Morgan fingerprint density at radius 2 is 1.14 bits per heavy atom. The molecule has 0 spiro atoms. The number of ether oxygens (including phenoxy) is 10. The van der Waals surface area contributed by atoms with E-state index in [1.54, 1.807) is 6.08 Å². The minimum Gasteiger partial charge on any atom is -0.726 e. The van der Waals surface area contributed by atoms with E-state index in [2.05, 4.69) is 26.8 Å². The molecule has 488 valence electrons. The van der Waals surface area contributed by atoms with Crippen LogP contribution in [0.2, 0.25) is 0 Å². The Bertz CT molecular complexity index is 2480. The van der Waals surface area contributed by atoms with Gasteiger partial charge in [-0.15, -0.1) is 0 Å². The van der Waals surface area contributed by atoms with E-state index < -0.39 is 194 Å². The van der Waals surface area contributed by atoms with Gasteiger partial charge in [-0.25, -0.2) is 8.42 Å². The Hall–Kier alpha value is -0.860. The third-order valence-corrected chi connectivity index (χ3v) is 20.9. The maximum Gasteiger partial charge on any atom is 1.00 e. The number of aliphatic hydroxyl groups is 12. The summed E-state index contributed by atoms with van der Waals surface area (Å²) in [7, 11) is -5.13. The molecule has 27 nitrogen and oxygen atoms in total.